The van der Waals surface area contributed by atoms with E-state index in [-0.39, 0.29) is 5.03 Å². The molecule has 1 heterocycles. The van der Waals surface area contributed by atoms with E-state index < -0.39 is 10.0 Å². The molecule has 1 rings (SSSR count). The molecule has 0 amide bonds. The van der Waals surface area contributed by atoms with Crippen LogP contribution in [0.4, 0.5) is 0 Å². The Kier molecular flexibility index (Phi) is 7.14. The van der Waals surface area contributed by atoms with Crippen molar-refractivity contribution in [2.24, 2.45) is 0 Å². The third-order valence-corrected chi connectivity index (χ3v) is 4.78. The Labute approximate surface area is 120 Å². The Balaban J connectivity index is 2.74. The molecule has 0 aliphatic carbocycles. The van der Waals surface area contributed by atoms with Crippen LogP contribution < -0.4 is 5.32 Å². The molecule has 0 saturated heterocycles. The van der Waals surface area contributed by atoms with E-state index in [0.29, 0.717) is 31.7 Å². The molecule has 1 aromatic rings. The number of nitrogens with one attached hydrogen (secondary N) is 2. The van der Waals surface area contributed by atoms with E-state index in [0.717, 1.165) is 13.0 Å². The van der Waals surface area contributed by atoms with Gasteiger partial charge >= 0.3 is 0 Å². The molecule has 0 atom stereocenters. The normalized spacial score (nSPS) is 12.2. The highest BCUT2D eigenvalue weighted by Gasteiger charge is 2.25. The minimum atomic E-state index is -3.52. The second-order valence-electron chi connectivity index (χ2n) is 4.57. The average molecular weight is 304 g/mol. The molecule has 8 heteroatoms. The van der Waals surface area contributed by atoms with E-state index in [1.54, 1.807) is 20.4 Å². The van der Waals surface area contributed by atoms with Crippen molar-refractivity contribution in [2.75, 3.05) is 33.9 Å². The van der Waals surface area contributed by atoms with E-state index in [9.17, 15) is 8.42 Å². The minimum Gasteiger partial charge on any atom is -0.385 e. The van der Waals surface area contributed by atoms with Crippen molar-refractivity contribution in [1.29, 1.82) is 0 Å². The average Bonchev–Trinajstić information content (AvgIpc) is 2.88. The molecule has 0 unspecified atom stereocenters. The van der Waals surface area contributed by atoms with Gasteiger partial charge in [-0.3, -0.25) is 5.10 Å². The molecule has 0 saturated carbocycles. The van der Waals surface area contributed by atoms with Crippen molar-refractivity contribution in [3.05, 3.63) is 11.8 Å². The topological polar surface area (TPSA) is 87.3 Å². The molecule has 2 N–H and O–H groups in total. The third kappa shape index (κ3) is 4.55. The first-order valence-corrected chi connectivity index (χ1v) is 8.16. The molecule has 20 heavy (non-hydrogen) atoms. The summed E-state index contributed by atoms with van der Waals surface area (Å²) in [6, 6.07) is 0. The van der Waals surface area contributed by atoms with Crippen LogP contribution in [-0.4, -0.2) is 56.8 Å². The van der Waals surface area contributed by atoms with Gasteiger partial charge in [0.25, 0.3) is 10.0 Å². The maximum Gasteiger partial charge on any atom is 0.260 e. The number of methoxy groups -OCH3 is 1. The third-order valence-electron chi connectivity index (χ3n) is 2.91. The molecule has 0 aromatic carbocycles. The largest absolute Gasteiger partial charge is 0.385 e. The van der Waals surface area contributed by atoms with Gasteiger partial charge in [0.05, 0.1) is 6.20 Å². The first kappa shape index (κ1) is 17.1. The number of nitrogens with zero attached hydrogens (tertiary/aromatic N) is 2. The molecule has 0 bridgehead atoms. The van der Waals surface area contributed by atoms with E-state index in [1.807, 2.05) is 0 Å². The zero-order chi connectivity index (χ0) is 15.0. The molecule has 0 radical (unpaired) electrons. The standard InChI is InChI=1S/C12H24N4O3S/c1-4-6-13-9-11-10-14-15-12(11)20(17,18)16(2)7-5-8-19-3/h10,13H,4-9H2,1-3H3,(H,14,15). The lowest BCUT2D eigenvalue weighted by molar-refractivity contribution is 0.189. The lowest BCUT2D eigenvalue weighted by atomic mass is 10.3. The summed E-state index contributed by atoms with van der Waals surface area (Å²) in [4.78, 5) is 0. The van der Waals surface area contributed by atoms with Gasteiger partial charge in [-0.25, -0.2) is 8.42 Å². The fraction of sp³-hybridized carbons (Fsp3) is 0.750. The van der Waals surface area contributed by atoms with E-state index >= 15 is 0 Å². The summed E-state index contributed by atoms with van der Waals surface area (Å²) in [7, 11) is -0.361. The molecule has 116 valence electrons. The highest BCUT2D eigenvalue weighted by atomic mass is 32.2. The van der Waals surface area contributed by atoms with Crippen molar-refractivity contribution in [1.82, 2.24) is 19.8 Å². The monoisotopic (exact) mass is 304 g/mol. The fourth-order valence-corrected chi connectivity index (χ4v) is 3.06. The number of sulfonamides is 1. The van der Waals surface area contributed by atoms with E-state index in [4.69, 9.17) is 4.74 Å². The maximum absolute atomic E-state index is 12.4. The Morgan fingerprint density at radius 1 is 1.50 bits per heavy atom. The van der Waals surface area contributed by atoms with Gasteiger partial charge in [0.15, 0.2) is 5.03 Å². The van der Waals surface area contributed by atoms with E-state index in [1.165, 1.54) is 4.31 Å². The van der Waals surface area contributed by atoms with Gasteiger partial charge in [0.2, 0.25) is 0 Å². The van der Waals surface area contributed by atoms with Crippen molar-refractivity contribution in [3.8, 4) is 0 Å². The molecule has 0 spiro atoms. The summed E-state index contributed by atoms with van der Waals surface area (Å²) in [6.07, 6.45) is 3.21. The Bertz CT molecular complexity index is 487. The number of hydrogen-bond donors (Lipinski definition) is 2. The Morgan fingerprint density at radius 3 is 2.90 bits per heavy atom. The van der Waals surface area contributed by atoms with Crippen molar-refractivity contribution < 1.29 is 13.2 Å². The van der Waals surface area contributed by atoms with Crippen molar-refractivity contribution in [3.63, 3.8) is 0 Å². The second-order valence-corrected chi connectivity index (χ2v) is 6.56. The smallest absolute Gasteiger partial charge is 0.260 e. The number of rotatable bonds is 10. The first-order chi connectivity index (χ1) is 9.54. The second kappa shape index (κ2) is 8.35. The molecular formula is C12H24N4O3S. The summed E-state index contributed by atoms with van der Waals surface area (Å²) in [6.45, 7) is 4.34. The van der Waals surface area contributed by atoms with Gasteiger partial charge in [-0.2, -0.15) is 9.40 Å². The Morgan fingerprint density at radius 2 is 2.25 bits per heavy atom. The van der Waals surface area contributed by atoms with Crippen LogP contribution >= 0.6 is 0 Å². The highest BCUT2D eigenvalue weighted by molar-refractivity contribution is 7.89. The molecule has 0 aliphatic rings. The van der Waals surface area contributed by atoms with Gasteiger partial charge in [0, 0.05) is 39.4 Å². The van der Waals surface area contributed by atoms with Gasteiger partial charge in [0.1, 0.15) is 0 Å². The minimum absolute atomic E-state index is 0.168. The van der Waals surface area contributed by atoms with Crippen LogP contribution in [0.2, 0.25) is 0 Å². The molecule has 0 aliphatic heterocycles. The number of hydrogen-bond acceptors (Lipinski definition) is 5. The molecule has 1 aromatic heterocycles. The number of H-pyrrole nitrogens is 1. The van der Waals surface area contributed by atoms with Crippen molar-refractivity contribution >= 4 is 10.0 Å². The van der Waals surface area contributed by atoms with Crippen LogP contribution in [0.1, 0.15) is 25.3 Å². The van der Waals surface area contributed by atoms with Crippen LogP contribution in [0.25, 0.3) is 0 Å². The number of ether oxygens (including phenoxy) is 1. The van der Waals surface area contributed by atoms with Gasteiger partial charge < -0.3 is 10.1 Å². The van der Waals surface area contributed by atoms with Crippen LogP contribution in [0.15, 0.2) is 11.2 Å². The highest BCUT2D eigenvalue weighted by Crippen LogP contribution is 2.16. The van der Waals surface area contributed by atoms with Crippen LogP contribution in [0.5, 0.6) is 0 Å². The van der Waals surface area contributed by atoms with Gasteiger partial charge in [-0.05, 0) is 19.4 Å². The zero-order valence-electron chi connectivity index (χ0n) is 12.3. The summed E-state index contributed by atoms with van der Waals surface area (Å²) in [5.41, 5.74) is 0.664. The summed E-state index contributed by atoms with van der Waals surface area (Å²) in [5, 5.41) is 9.79. The number of aromatic amines is 1. The van der Waals surface area contributed by atoms with Crippen LogP contribution in [-0.2, 0) is 21.3 Å². The predicted octanol–water partition coefficient (Wildman–Crippen LogP) is 0.566. The van der Waals surface area contributed by atoms with Gasteiger partial charge in [-0.15, -0.1) is 0 Å². The lowest BCUT2D eigenvalue weighted by Gasteiger charge is -2.16. The van der Waals surface area contributed by atoms with Gasteiger partial charge in [-0.1, -0.05) is 6.92 Å². The van der Waals surface area contributed by atoms with E-state index in [2.05, 4.69) is 22.4 Å². The number of aromatic nitrogens is 2. The SMILES string of the molecule is CCCNCc1cn[nH]c1S(=O)(=O)N(C)CCCOC. The van der Waals surface area contributed by atoms with Crippen molar-refractivity contribution in [2.45, 2.75) is 31.3 Å². The summed E-state index contributed by atoms with van der Waals surface area (Å²) in [5.74, 6) is 0. The Hall–Kier alpha value is -0.960. The fourth-order valence-electron chi connectivity index (χ4n) is 1.76. The molecular weight excluding hydrogens is 280 g/mol. The summed E-state index contributed by atoms with van der Waals surface area (Å²) >= 11 is 0. The maximum atomic E-state index is 12.4. The lowest BCUT2D eigenvalue weighted by Crippen LogP contribution is -2.30. The quantitative estimate of drug-likeness (QED) is 0.617. The molecule has 0 fully saturated rings. The zero-order valence-corrected chi connectivity index (χ0v) is 13.2. The van der Waals surface area contributed by atoms with Crippen LogP contribution in [0, 0.1) is 0 Å². The summed E-state index contributed by atoms with van der Waals surface area (Å²) < 4.78 is 31.1. The van der Waals surface area contributed by atoms with Crippen LogP contribution in [0.3, 0.4) is 0 Å². The predicted molar refractivity (Wildman–Crippen MR) is 76.9 cm³/mol. The first-order valence-electron chi connectivity index (χ1n) is 6.72. The molecule has 7 nitrogen and oxygen atoms in total.